The average Bonchev–Trinajstić information content (AvgIpc) is 2.37. The fraction of sp³-hybridized carbons (Fsp3) is 0.231. The van der Waals surface area contributed by atoms with Crippen LogP contribution in [-0.2, 0) is 0 Å². The van der Waals surface area contributed by atoms with Crippen molar-refractivity contribution in [3.63, 3.8) is 0 Å². The quantitative estimate of drug-likeness (QED) is 0.856. The van der Waals surface area contributed by atoms with Gasteiger partial charge < -0.3 is 10.1 Å². The Balaban J connectivity index is 2.85. The van der Waals surface area contributed by atoms with Crippen molar-refractivity contribution in [2.24, 2.45) is 0 Å². The van der Waals surface area contributed by atoms with Crippen LogP contribution in [0, 0.1) is 18.3 Å². The molecule has 1 N–H and O–H groups in total. The number of fused-ring (bicyclic) bond motifs is 1. The lowest BCUT2D eigenvalue weighted by Gasteiger charge is -2.10. The Morgan fingerprint density at radius 2 is 2.12 bits per heavy atom. The molecule has 0 atom stereocenters. The monoisotopic (exact) mass is 227 g/mol. The van der Waals surface area contributed by atoms with Gasteiger partial charge in [-0.1, -0.05) is 0 Å². The van der Waals surface area contributed by atoms with Crippen molar-refractivity contribution < 1.29 is 4.74 Å². The number of nitrogens with zero attached hydrogens (tertiary/aromatic N) is 2. The second-order valence-corrected chi connectivity index (χ2v) is 3.76. The van der Waals surface area contributed by atoms with Gasteiger partial charge >= 0.3 is 0 Å². The first-order valence-corrected chi connectivity index (χ1v) is 5.27. The molecule has 0 aliphatic heterocycles. The third kappa shape index (κ3) is 1.87. The molecule has 0 radical (unpaired) electrons. The molecule has 86 valence electrons. The molecular weight excluding hydrogens is 214 g/mol. The predicted octanol–water partition coefficient (Wildman–Crippen LogP) is 2.47. The minimum absolute atomic E-state index is 0.412. The van der Waals surface area contributed by atoms with Crippen LogP contribution >= 0.6 is 0 Å². The summed E-state index contributed by atoms with van der Waals surface area (Å²) in [6, 6.07) is 7.64. The van der Waals surface area contributed by atoms with Crippen molar-refractivity contribution in [1.29, 1.82) is 5.26 Å². The van der Waals surface area contributed by atoms with Crippen LogP contribution in [0.5, 0.6) is 5.75 Å². The Morgan fingerprint density at radius 1 is 1.35 bits per heavy atom. The number of nitrogens with one attached hydrogen (secondary N) is 1. The number of pyridine rings is 1. The highest BCUT2D eigenvalue weighted by Gasteiger charge is 2.08. The summed E-state index contributed by atoms with van der Waals surface area (Å²) in [6.07, 6.45) is 0. The number of rotatable bonds is 2. The van der Waals surface area contributed by atoms with E-state index in [0.29, 0.717) is 5.69 Å². The summed E-state index contributed by atoms with van der Waals surface area (Å²) < 4.78 is 5.24. The maximum absolute atomic E-state index is 8.94. The van der Waals surface area contributed by atoms with Crippen molar-refractivity contribution >= 4 is 16.6 Å². The lowest BCUT2D eigenvalue weighted by molar-refractivity contribution is 0.415. The number of anilines is 1. The molecule has 1 aromatic carbocycles. The van der Waals surface area contributed by atoms with Crippen LogP contribution in [0.15, 0.2) is 18.2 Å². The van der Waals surface area contributed by atoms with Crippen LogP contribution in [0.2, 0.25) is 0 Å². The molecule has 1 heterocycles. The highest BCUT2D eigenvalue weighted by molar-refractivity contribution is 5.94. The first-order valence-electron chi connectivity index (χ1n) is 5.27. The zero-order valence-corrected chi connectivity index (χ0v) is 10.0. The zero-order valence-electron chi connectivity index (χ0n) is 10.0. The number of benzene rings is 1. The molecule has 0 saturated carbocycles. The number of aryl methyl sites for hydroxylation is 1. The third-order valence-corrected chi connectivity index (χ3v) is 2.70. The maximum Gasteiger partial charge on any atom is 0.143 e. The summed E-state index contributed by atoms with van der Waals surface area (Å²) in [4.78, 5) is 4.32. The van der Waals surface area contributed by atoms with E-state index in [4.69, 9.17) is 10.00 Å². The van der Waals surface area contributed by atoms with Crippen LogP contribution in [-0.4, -0.2) is 19.1 Å². The van der Waals surface area contributed by atoms with E-state index in [-0.39, 0.29) is 0 Å². The number of hydrogen-bond donors (Lipinski definition) is 1. The van der Waals surface area contributed by atoms with E-state index >= 15 is 0 Å². The Kier molecular flexibility index (Phi) is 2.84. The van der Waals surface area contributed by atoms with Crippen molar-refractivity contribution in [3.05, 3.63) is 29.5 Å². The summed E-state index contributed by atoms with van der Waals surface area (Å²) in [5.41, 5.74) is 3.12. The molecule has 4 nitrogen and oxygen atoms in total. The van der Waals surface area contributed by atoms with Gasteiger partial charge in [-0.2, -0.15) is 5.26 Å². The fourth-order valence-electron chi connectivity index (χ4n) is 1.85. The minimum atomic E-state index is 0.412. The second-order valence-electron chi connectivity index (χ2n) is 3.76. The molecule has 0 aliphatic rings. The Bertz CT molecular complexity index is 614. The molecule has 1 aromatic heterocycles. The topological polar surface area (TPSA) is 57.9 Å². The van der Waals surface area contributed by atoms with E-state index in [9.17, 15) is 0 Å². The molecule has 0 amide bonds. The molecule has 0 saturated heterocycles. The van der Waals surface area contributed by atoms with Crippen molar-refractivity contribution in [3.8, 4) is 11.8 Å². The normalized spacial score (nSPS) is 10.0. The van der Waals surface area contributed by atoms with Gasteiger partial charge in [0.1, 0.15) is 17.5 Å². The van der Waals surface area contributed by atoms with Crippen LogP contribution in [0.25, 0.3) is 10.9 Å². The van der Waals surface area contributed by atoms with Crippen LogP contribution in [0.1, 0.15) is 11.3 Å². The lowest BCUT2D eigenvalue weighted by atomic mass is 10.1. The first-order chi connectivity index (χ1) is 8.19. The molecule has 2 rings (SSSR count). The maximum atomic E-state index is 8.94. The number of aromatic nitrogens is 1. The Labute approximate surface area is 99.8 Å². The van der Waals surface area contributed by atoms with Gasteiger partial charge in [-0.3, -0.25) is 0 Å². The summed E-state index contributed by atoms with van der Waals surface area (Å²) in [7, 11) is 3.46. The minimum Gasteiger partial charge on any atom is -0.497 e. The van der Waals surface area contributed by atoms with Crippen molar-refractivity contribution in [2.45, 2.75) is 6.92 Å². The Hall–Kier alpha value is -2.28. The van der Waals surface area contributed by atoms with Crippen LogP contribution in [0.4, 0.5) is 5.69 Å². The van der Waals surface area contributed by atoms with Gasteiger partial charge in [-0.25, -0.2) is 4.98 Å². The van der Waals surface area contributed by atoms with E-state index in [1.54, 1.807) is 13.2 Å². The highest BCUT2D eigenvalue weighted by atomic mass is 16.5. The molecular formula is C13H13N3O. The smallest absolute Gasteiger partial charge is 0.143 e. The van der Waals surface area contributed by atoms with Crippen LogP contribution in [0.3, 0.4) is 0 Å². The lowest BCUT2D eigenvalue weighted by Crippen LogP contribution is -1.96. The van der Waals surface area contributed by atoms with E-state index in [1.165, 1.54) is 0 Å². The van der Waals surface area contributed by atoms with Gasteiger partial charge in [0.05, 0.1) is 12.6 Å². The first kappa shape index (κ1) is 11.2. The summed E-state index contributed by atoms with van der Waals surface area (Å²) in [6.45, 7) is 1.96. The van der Waals surface area contributed by atoms with Crippen molar-refractivity contribution in [2.75, 3.05) is 19.5 Å². The van der Waals surface area contributed by atoms with Gasteiger partial charge in [0.15, 0.2) is 0 Å². The van der Waals surface area contributed by atoms with Gasteiger partial charge in [0.25, 0.3) is 0 Å². The number of hydrogen-bond acceptors (Lipinski definition) is 4. The predicted molar refractivity (Wildman–Crippen MR) is 67.3 cm³/mol. The van der Waals surface area contributed by atoms with E-state index in [2.05, 4.69) is 16.4 Å². The van der Waals surface area contributed by atoms with Gasteiger partial charge in [0, 0.05) is 18.1 Å². The zero-order chi connectivity index (χ0) is 12.4. The Morgan fingerprint density at radius 3 is 2.71 bits per heavy atom. The molecule has 17 heavy (non-hydrogen) atoms. The largest absolute Gasteiger partial charge is 0.497 e. The third-order valence-electron chi connectivity index (χ3n) is 2.70. The van der Waals surface area contributed by atoms with Gasteiger partial charge in [-0.05, 0) is 30.7 Å². The highest BCUT2D eigenvalue weighted by Crippen LogP contribution is 2.29. The SMILES string of the molecule is CNc1cc(C#N)nc2c(C)cc(OC)cc12. The number of nitriles is 1. The van der Waals surface area contributed by atoms with Crippen molar-refractivity contribution in [1.82, 2.24) is 4.98 Å². The summed E-state index contributed by atoms with van der Waals surface area (Å²) in [5.74, 6) is 0.790. The van der Waals surface area contributed by atoms with E-state index in [1.807, 2.05) is 26.1 Å². The van der Waals surface area contributed by atoms with E-state index < -0.39 is 0 Å². The summed E-state index contributed by atoms with van der Waals surface area (Å²) in [5, 5.41) is 13.0. The van der Waals surface area contributed by atoms with Gasteiger partial charge in [-0.15, -0.1) is 0 Å². The molecule has 0 unspecified atom stereocenters. The average molecular weight is 227 g/mol. The molecule has 2 aromatic rings. The second kappa shape index (κ2) is 4.30. The molecule has 0 bridgehead atoms. The molecule has 0 aliphatic carbocycles. The fourth-order valence-corrected chi connectivity index (χ4v) is 1.85. The van der Waals surface area contributed by atoms with E-state index in [0.717, 1.165) is 27.9 Å². The number of methoxy groups -OCH3 is 1. The molecule has 0 fully saturated rings. The molecule has 4 heteroatoms. The standard InChI is InChI=1S/C13H13N3O/c1-8-4-10(17-3)6-11-12(15-2)5-9(7-14)16-13(8)11/h4-6H,1-3H3,(H,15,16). The van der Waals surface area contributed by atoms with Crippen LogP contribution < -0.4 is 10.1 Å². The molecule has 0 spiro atoms. The van der Waals surface area contributed by atoms with Gasteiger partial charge in [0.2, 0.25) is 0 Å². The number of ether oxygens (including phenoxy) is 1. The summed E-state index contributed by atoms with van der Waals surface area (Å²) >= 11 is 0.